The molecule has 1 atom stereocenters. The number of aliphatic hydroxyl groups is 2. The Morgan fingerprint density at radius 2 is 2.00 bits per heavy atom. The van der Waals surface area contributed by atoms with E-state index < -0.39 is 6.29 Å². The van der Waals surface area contributed by atoms with E-state index in [4.69, 9.17) is 14.6 Å². The molecule has 0 amide bonds. The van der Waals surface area contributed by atoms with Crippen molar-refractivity contribution in [3.63, 3.8) is 0 Å². The van der Waals surface area contributed by atoms with E-state index in [9.17, 15) is 5.11 Å². The first-order chi connectivity index (χ1) is 10.7. The number of aliphatic hydroxyl groups excluding tert-OH is 2. The molecule has 0 aliphatic rings. The van der Waals surface area contributed by atoms with Crippen molar-refractivity contribution in [1.82, 2.24) is 4.98 Å². The van der Waals surface area contributed by atoms with Crippen LogP contribution < -0.4 is 4.74 Å². The SMILES string of the molecule is COC(O)c1cc2c(Oc3ccc(CO)cc3)cncc2s1. The molecule has 6 heteroatoms. The minimum Gasteiger partial charge on any atom is -0.455 e. The van der Waals surface area contributed by atoms with Crippen LogP contribution in [0.1, 0.15) is 16.7 Å². The molecule has 0 bridgehead atoms. The molecule has 0 spiro atoms. The Bertz CT molecular complexity index is 769. The van der Waals surface area contributed by atoms with Crippen molar-refractivity contribution in [3.05, 3.63) is 53.2 Å². The smallest absolute Gasteiger partial charge is 0.190 e. The second-order valence-electron chi connectivity index (χ2n) is 4.69. The van der Waals surface area contributed by atoms with Gasteiger partial charge in [-0.1, -0.05) is 12.1 Å². The molecule has 0 aliphatic heterocycles. The van der Waals surface area contributed by atoms with Gasteiger partial charge in [0.2, 0.25) is 0 Å². The molecular weight excluding hydrogens is 302 g/mol. The Morgan fingerprint density at radius 1 is 1.23 bits per heavy atom. The summed E-state index contributed by atoms with van der Waals surface area (Å²) in [7, 11) is 1.45. The third-order valence-corrected chi connectivity index (χ3v) is 4.33. The molecule has 5 nitrogen and oxygen atoms in total. The topological polar surface area (TPSA) is 71.8 Å². The first-order valence-corrected chi connectivity index (χ1v) is 7.49. The number of benzene rings is 1. The molecule has 2 aromatic heterocycles. The van der Waals surface area contributed by atoms with Crippen molar-refractivity contribution in [2.24, 2.45) is 0 Å². The van der Waals surface area contributed by atoms with Gasteiger partial charge < -0.3 is 19.7 Å². The number of pyridine rings is 1. The van der Waals surface area contributed by atoms with Crippen molar-refractivity contribution in [3.8, 4) is 11.5 Å². The van der Waals surface area contributed by atoms with E-state index in [-0.39, 0.29) is 6.61 Å². The van der Waals surface area contributed by atoms with Crippen LogP contribution >= 0.6 is 11.3 Å². The summed E-state index contributed by atoms with van der Waals surface area (Å²) in [6.07, 6.45) is 2.42. The number of hydrogen-bond acceptors (Lipinski definition) is 6. The Kier molecular flexibility index (Phi) is 4.35. The van der Waals surface area contributed by atoms with E-state index in [1.54, 1.807) is 36.7 Å². The lowest BCUT2D eigenvalue weighted by Gasteiger charge is -2.07. The quantitative estimate of drug-likeness (QED) is 0.707. The Morgan fingerprint density at radius 3 is 2.68 bits per heavy atom. The Balaban J connectivity index is 1.93. The van der Waals surface area contributed by atoms with Crippen LogP contribution in [-0.2, 0) is 11.3 Å². The monoisotopic (exact) mass is 317 g/mol. The number of rotatable bonds is 5. The first kappa shape index (κ1) is 14.9. The molecule has 3 rings (SSSR count). The summed E-state index contributed by atoms with van der Waals surface area (Å²) < 4.78 is 11.7. The third kappa shape index (κ3) is 2.95. The molecule has 114 valence electrons. The van der Waals surface area contributed by atoms with Crippen molar-refractivity contribution in [1.29, 1.82) is 0 Å². The van der Waals surface area contributed by atoms with Gasteiger partial charge in [-0.2, -0.15) is 0 Å². The molecule has 2 N–H and O–H groups in total. The van der Waals surface area contributed by atoms with Crippen molar-refractivity contribution in [2.45, 2.75) is 12.9 Å². The maximum Gasteiger partial charge on any atom is 0.190 e. The third-order valence-electron chi connectivity index (χ3n) is 3.23. The average Bonchev–Trinajstić information content (AvgIpc) is 3.00. The zero-order valence-corrected chi connectivity index (χ0v) is 12.7. The number of hydrogen-bond donors (Lipinski definition) is 2. The number of fused-ring (bicyclic) bond motifs is 1. The van der Waals surface area contributed by atoms with E-state index in [1.165, 1.54) is 18.4 Å². The fraction of sp³-hybridized carbons (Fsp3) is 0.188. The van der Waals surface area contributed by atoms with Crippen LogP contribution in [0.5, 0.6) is 11.5 Å². The van der Waals surface area contributed by atoms with Crippen molar-refractivity contribution >= 4 is 21.4 Å². The van der Waals surface area contributed by atoms with Crippen molar-refractivity contribution < 1.29 is 19.7 Å². The lowest BCUT2D eigenvalue weighted by molar-refractivity contribution is -0.0742. The molecule has 0 radical (unpaired) electrons. The van der Waals surface area contributed by atoms with Gasteiger partial charge in [-0.3, -0.25) is 4.98 Å². The lowest BCUT2D eigenvalue weighted by atomic mass is 10.2. The standard InChI is InChI=1S/C16H15NO4S/c1-20-16(19)14-6-12-13(7-17-8-15(12)22-14)21-11-4-2-10(9-18)3-5-11/h2-8,16,18-19H,9H2,1H3. The number of aromatic nitrogens is 1. The van der Waals surface area contributed by atoms with Crippen LogP contribution in [0.15, 0.2) is 42.7 Å². The second-order valence-corrected chi connectivity index (χ2v) is 5.81. The minimum atomic E-state index is -0.950. The molecule has 2 heterocycles. The molecule has 22 heavy (non-hydrogen) atoms. The Hall–Kier alpha value is -1.99. The van der Waals surface area contributed by atoms with Gasteiger partial charge in [0.15, 0.2) is 12.0 Å². The molecule has 0 aliphatic carbocycles. The van der Waals surface area contributed by atoms with E-state index in [0.29, 0.717) is 16.4 Å². The highest BCUT2D eigenvalue weighted by molar-refractivity contribution is 7.19. The zero-order valence-electron chi connectivity index (χ0n) is 11.9. The number of nitrogens with zero attached hydrogens (tertiary/aromatic N) is 1. The van der Waals surface area contributed by atoms with Gasteiger partial charge in [0.05, 0.1) is 22.4 Å². The van der Waals surface area contributed by atoms with E-state index in [0.717, 1.165) is 15.6 Å². The second kappa shape index (κ2) is 6.41. The summed E-state index contributed by atoms with van der Waals surface area (Å²) in [6, 6.07) is 9.03. The fourth-order valence-corrected chi connectivity index (χ4v) is 3.08. The highest BCUT2D eigenvalue weighted by atomic mass is 32.1. The summed E-state index contributed by atoms with van der Waals surface area (Å²) in [5.41, 5.74) is 0.824. The van der Waals surface area contributed by atoms with Crippen LogP contribution in [0, 0.1) is 0 Å². The summed E-state index contributed by atoms with van der Waals surface area (Å²) in [5, 5.41) is 19.7. The molecule has 0 saturated carbocycles. The predicted octanol–water partition coefficient (Wildman–Crippen LogP) is 3.22. The first-order valence-electron chi connectivity index (χ1n) is 6.67. The highest BCUT2D eigenvalue weighted by Gasteiger charge is 2.14. The molecule has 0 saturated heterocycles. The Labute approximate surface area is 131 Å². The normalized spacial score (nSPS) is 12.5. The highest BCUT2D eigenvalue weighted by Crippen LogP contribution is 2.36. The number of thiophene rings is 1. The summed E-state index contributed by atoms with van der Waals surface area (Å²) in [4.78, 5) is 4.86. The van der Waals surface area contributed by atoms with Crippen LogP contribution in [0.25, 0.3) is 10.1 Å². The number of methoxy groups -OCH3 is 1. The van der Waals surface area contributed by atoms with E-state index >= 15 is 0 Å². The summed E-state index contributed by atoms with van der Waals surface area (Å²) in [5.74, 6) is 1.27. The van der Waals surface area contributed by atoms with Gasteiger partial charge in [0, 0.05) is 18.7 Å². The maximum atomic E-state index is 9.77. The van der Waals surface area contributed by atoms with Crippen molar-refractivity contribution in [2.75, 3.05) is 7.11 Å². The zero-order chi connectivity index (χ0) is 15.5. The van der Waals surface area contributed by atoms with Gasteiger partial charge >= 0.3 is 0 Å². The van der Waals surface area contributed by atoms with E-state index in [2.05, 4.69) is 4.98 Å². The van der Waals surface area contributed by atoms with Crippen LogP contribution in [0.3, 0.4) is 0 Å². The number of ether oxygens (including phenoxy) is 2. The predicted molar refractivity (Wildman–Crippen MR) is 84.0 cm³/mol. The fourth-order valence-electron chi connectivity index (χ4n) is 2.06. The summed E-state index contributed by atoms with van der Waals surface area (Å²) in [6.45, 7) is 0.000213. The lowest BCUT2D eigenvalue weighted by Crippen LogP contribution is -1.95. The maximum absolute atomic E-state index is 9.77. The van der Waals surface area contributed by atoms with Gasteiger partial charge in [-0.05, 0) is 23.8 Å². The molecular formula is C16H15NO4S. The van der Waals surface area contributed by atoms with Crippen LogP contribution in [0.2, 0.25) is 0 Å². The van der Waals surface area contributed by atoms with Gasteiger partial charge in [0.25, 0.3) is 0 Å². The molecule has 0 fully saturated rings. The van der Waals surface area contributed by atoms with Gasteiger partial charge in [-0.15, -0.1) is 11.3 Å². The van der Waals surface area contributed by atoms with Gasteiger partial charge in [0.1, 0.15) is 5.75 Å². The minimum absolute atomic E-state index is 0.000213. The molecule has 3 aromatic rings. The molecule has 1 aromatic carbocycles. The van der Waals surface area contributed by atoms with Crippen LogP contribution in [0.4, 0.5) is 0 Å². The summed E-state index contributed by atoms with van der Waals surface area (Å²) >= 11 is 1.41. The molecule has 1 unspecified atom stereocenters. The van der Waals surface area contributed by atoms with Crippen LogP contribution in [-0.4, -0.2) is 22.3 Å². The largest absolute Gasteiger partial charge is 0.455 e. The van der Waals surface area contributed by atoms with E-state index in [1.807, 2.05) is 6.07 Å². The van der Waals surface area contributed by atoms with Gasteiger partial charge in [-0.25, -0.2) is 0 Å². The average molecular weight is 317 g/mol.